The van der Waals surface area contributed by atoms with Crippen LogP contribution in [0.4, 0.5) is 0 Å². The normalized spacial score (nSPS) is 16.6. The molecular weight excluding hydrogens is 364 g/mol. The summed E-state index contributed by atoms with van der Waals surface area (Å²) in [6.07, 6.45) is 0. The number of hydrogen-bond acceptors (Lipinski definition) is 4. The highest BCUT2D eigenvalue weighted by Gasteiger charge is 2.49. The lowest BCUT2D eigenvalue weighted by Crippen LogP contribution is -2.47. The van der Waals surface area contributed by atoms with E-state index < -0.39 is 27.4 Å². The lowest BCUT2D eigenvalue weighted by atomic mass is 10.1. The van der Waals surface area contributed by atoms with Crippen LogP contribution in [0, 0.1) is 0 Å². The van der Waals surface area contributed by atoms with Crippen molar-refractivity contribution in [1.29, 1.82) is 0 Å². The number of hydrogen-bond donors (Lipinski definition) is 1. The summed E-state index contributed by atoms with van der Waals surface area (Å²) in [5, 5.41) is 2.52. The van der Waals surface area contributed by atoms with Crippen molar-refractivity contribution in [3.05, 3.63) is 77.5 Å². The van der Waals surface area contributed by atoms with Crippen LogP contribution >= 0.6 is 0 Å². The molecule has 1 aliphatic rings. The van der Waals surface area contributed by atoms with Gasteiger partial charge in [-0.2, -0.15) is 0 Å². The number of benzene rings is 2. The van der Waals surface area contributed by atoms with Gasteiger partial charge in [0.1, 0.15) is 10.6 Å². The molecule has 0 radical (unpaired) electrons. The summed E-state index contributed by atoms with van der Waals surface area (Å²) in [5.74, 6) is -1.29. The molecule has 2 aromatic carbocycles. The van der Waals surface area contributed by atoms with Gasteiger partial charge in [-0.25, -0.2) is 12.7 Å². The topological polar surface area (TPSA) is 83.6 Å². The maximum absolute atomic E-state index is 13.2. The SMILES string of the molecule is CC(C)(C)N1C(=O)C(NC(=O)c2ccccc2)=C(c2ccccc2)S1(=O)=O. The molecule has 0 atom stereocenters. The molecule has 1 heterocycles. The number of carbonyl (C=O) groups is 2. The van der Waals surface area contributed by atoms with E-state index in [-0.39, 0.29) is 10.6 Å². The number of rotatable bonds is 3. The standard InChI is InChI=1S/C20H20N2O4S/c1-20(2,3)22-19(24)16(21-18(23)15-12-8-5-9-13-15)17(27(22,25)26)14-10-6-4-7-11-14/h4-13H,1-3H3,(H,21,23). The van der Waals surface area contributed by atoms with Crippen LogP contribution in [0.25, 0.3) is 4.91 Å². The van der Waals surface area contributed by atoms with Crippen LogP contribution < -0.4 is 5.32 Å². The highest BCUT2D eigenvalue weighted by molar-refractivity contribution is 7.99. The molecule has 3 rings (SSSR count). The van der Waals surface area contributed by atoms with Gasteiger partial charge in [0.15, 0.2) is 0 Å². The maximum atomic E-state index is 13.2. The second-order valence-corrected chi connectivity index (χ2v) is 8.86. The average molecular weight is 384 g/mol. The average Bonchev–Trinajstić information content (AvgIpc) is 2.81. The Bertz CT molecular complexity index is 1020. The smallest absolute Gasteiger partial charge is 0.286 e. The number of amides is 2. The first-order chi connectivity index (χ1) is 12.6. The highest BCUT2D eigenvalue weighted by Crippen LogP contribution is 2.38. The maximum Gasteiger partial charge on any atom is 0.286 e. The van der Waals surface area contributed by atoms with E-state index in [0.717, 1.165) is 4.31 Å². The van der Waals surface area contributed by atoms with Gasteiger partial charge in [0.25, 0.3) is 21.8 Å². The molecule has 0 unspecified atom stereocenters. The second-order valence-electron chi connectivity index (χ2n) is 7.14. The van der Waals surface area contributed by atoms with E-state index in [1.54, 1.807) is 81.4 Å². The van der Waals surface area contributed by atoms with E-state index in [4.69, 9.17) is 0 Å². The lowest BCUT2D eigenvalue weighted by molar-refractivity contribution is -0.125. The molecule has 0 spiro atoms. The Labute approximate surface area is 158 Å². The van der Waals surface area contributed by atoms with Crippen LogP contribution in [0.2, 0.25) is 0 Å². The molecule has 0 aromatic heterocycles. The third-order valence-corrected chi connectivity index (χ3v) is 6.19. The fourth-order valence-electron chi connectivity index (χ4n) is 2.96. The summed E-state index contributed by atoms with van der Waals surface area (Å²) in [7, 11) is -4.12. The van der Waals surface area contributed by atoms with Gasteiger partial charge in [-0.1, -0.05) is 48.5 Å². The highest BCUT2D eigenvalue weighted by atomic mass is 32.2. The Kier molecular flexibility index (Phi) is 4.65. The minimum Gasteiger partial charge on any atom is -0.316 e. The zero-order valence-electron chi connectivity index (χ0n) is 15.3. The molecule has 1 aliphatic heterocycles. The Morgan fingerprint density at radius 3 is 1.96 bits per heavy atom. The van der Waals surface area contributed by atoms with Crippen LogP contribution in [-0.2, 0) is 14.8 Å². The van der Waals surface area contributed by atoms with Crippen LogP contribution in [0.15, 0.2) is 66.4 Å². The molecule has 0 bridgehead atoms. The van der Waals surface area contributed by atoms with Crippen LogP contribution in [0.5, 0.6) is 0 Å². The van der Waals surface area contributed by atoms with Gasteiger partial charge in [-0.15, -0.1) is 0 Å². The van der Waals surface area contributed by atoms with Gasteiger partial charge in [0.05, 0.1) is 5.54 Å². The van der Waals surface area contributed by atoms with Crippen molar-refractivity contribution in [2.75, 3.05) is 0 Å². The van der Waals surface area contributed by atoms with Crippen LogP contribution in [0.1, 0.15) is 36.7 Å². The van der Waals surface area contributed by atoms with Gasteiger partial charge in [-0.3, -0.25) is 9.59 Å². The van der Waals surface area contributed by atoms with Gasteiger partial charge < -0.3 is 5.32 Å². The van der Waals surface area contributed by atoms with Crippen molar-refractivity contribution in [2.24, 2.45) is 0 Å². The zero-order chi connectivity index (χ0) is 19.8. The minimum atomic E-state index is -4.12. The summed E-state index contributed by atoms with van der Waals surface area (Å²) in [4.78, 5) is 25.4. The summed E-state index contributed by atoms with van der Waals surface area (Å²) >= 11 is 0. The largest absolute Gasteiger partial charge is 0.316 e. The van der Waals surface area contributed by atoms with E-state index in [2.05, 4.69) is 5.32 Å². The van der Waals surface area contributed by atoms with Crippen LogP contribution in [-0.4, -0.2) is 30.1 Å². The summed E-state index contributed by atoms with van der Waals surface area (Å²) in [5.41, 5.74) is -0.530. The predicted octanol–water partition coefficient (Wildman–Crippen LogP) is 2.76. The van der Waals surface area contributed by atoms with Gasteiger partial charge in [0.2, 0.25) is 0 Å². The van der Waals surface area contributed by atoms with Gasteiger partial charge in [0, 0.05) is 5.56 Å². The van der Waals surface area contributed by atoms with Gasteiger partial charge >= 0.3 is 0 Å². The Balaban J connectivity index is 2.16. The number of nitrogens with one attached hydrogen (secondary N) is 1. The molecule has 27 heavy (non-hydrogen) atoms. The quantitative estimate of drug-likeness (QED) is 0.882. The first-order valence-electron chi connectivity index (χ1n) is 8.40. The molecular formula is C20H20N2O4S. The molecule has 1 N–H and O–H groups in total. The monoisotopic (exact) mass is 384 g/mol. The molecule has 140 valence electrons. The Hall–Kier alpha value is -2.93. The Morgan fingerprint density at radius 2 is 1.44 bits per heavy atom. The predicted molar refractivity (Wildman–Crippen MR) is 103 cm³/mol. The van der Waals surface area contributed by atoms with Crippen molar-refractivity contribution in [3.63, 3.8) is 0 Å². The summed E-state index contributed by atoms with van der Waals surface area (Å²) in [6, 6.07) is 16.6. The van der Waals surface area contributed by atoms with Crippen molar-refractivity contribution in [2.45, 2.75) is 26.3 Å². The van der Waals surface area contributed by atoms with E-state index in [1.807, 2.05) is 0 Å². The molecule has 6 nitrogen and oxygen atoms in total. The first-order valence-corrected chi connectivity index (χ1v) is 9.84. The zero-order valence-corrected chi connectivity index (χ0v) is 16.1. The minimum absolute atomic E-state index is 0.188. The molecule has 0 aliphatic carbocycles. The van der Waals surface area contributed by atoms with Crippen molar-refractivity contribution in [3.8, 4) is 0 Å². The molecule has 0 saturated carbocycles. The molecule has 7 heteroatoms. The third-order valence-electron chi connectivity index (χ3n) is 4.04. The van der Waals surface area contributed by atoms with E-state index in [0.29, 0.717) is 11.1 Å². The number of carbonyl (C=O) groups excluding carboxylic acids is 2. The number of nitrogens with zero attached hydrogens (tertiary/aromatic N) is 1. The van der Waals surface area contributed by atoms with Crippen LogP contribution in [0.3, 0.4) is 0 Å². The summed E-state index contributed by atoms with van der Waals surface area (Å²) < 4.78 is 27.2. The fourth-order valence-corrected chi connectivity index (χ4v) is 5.00. The van der Waals surface area contributed by atoms with E-state index in [1.165, 1.54) is 0 Å². The molecule has 0 fully saturated rings. The van der Waals surface area contributed by atoms with Crippen molar-refractivity contribution in [1.82, 2.24) is 9.62 Å². The lowest BCUT2D eigenvalue weighted by Gasteiger charge is -2.30. The van der Waals surface area contributed by atoms with Crippen molar-refractivity contribution >= 4 is 26.7 Å². The summed E-state index contributed by atoms with van der Waals surface area (Å²) in [6.45, 7) is 4.90. The van der Waals surface area contributed by atoms with Gasteiger partial charge in [-0.05, 0) is 38.5 Å². The van der Waals surface area contributed by atoms with Crippen molar-refractivity contribution < 1.29 is 18.0 Å². The molecule has 2 amide bonds. The third kappa shape index (κ3) is 3.38. The fraction of sp³-hybridized carbons (Fsp3) is 0.200. The first kappa shape index (κ1) is 18.8. The molecule has 2 aromatic rings. The number of sulfonamides is 1. The van der Waals surface area contributed by atoms with E-state index >= 15 is 0 Å². The molecule has 0 saturated heterocycles. The van der Waals surface area contributed by atoms with E-state index in [9.17, 15) is 18.0 Å². The second kappa shape index (κ2) is 6.66. The Morgan fingerprint density at radius 1 is 0.926 bits per heavy atom.